The maximum atomic E-state index is 6.53. The van der Waals surface area contributed by atoms with Gasteiger partial charge < -0.3 is 0 Å². The summed E-state index contributed by atoms with van der Waals surface area (Å²) < 4.78 is 1.30. The second kappa shape index (κ2) is 5.80. The van der Waals surface area contributed by atoms with Crippen LogP contribution in [-0.4, -0.2) is 10.4 Å². The molecule has 3 unspecified atom stereocenters. The summed E-state index contributed by atoms with van der Waals surface area (Å²) in [5.41, 5.74) is 1.14. The van der Waals surface area contributed by atoms with Gasteiger partial charge in [0.05, 0.1) is 15.2 Å². The Morgan fingerprint density at radius 2 is 2.16 bits per heavy atom. The lowest BCUT2D eigenvalue weighted by molar-refractivity contribution is 0.265. The van der Waals surface area contributed by atoms with E-state index in [9.17, 15) is 0 Å². The van der Waals surface area contributed by atoms with Crippen LogP contribution in [0.4, 0.5) is 0 Å². The fourth-order valence-corrected chi connectivity index (χ4v) is 4.52. The van der Waals surface area contributed by atoms with Gasteiger partial charge in [-0.1, -0.05) is 25.5 Å². The highest BCUT2D eigenvalue weighted by Crippen LogP contribution is 2.37. The lowest BCUT2D eigenvalue weighted by Crippen LogP contribution is -2.26. The smallest absolute Gasteiger partial charge is 0.0941 e. The zero-order valence-corrected chi connectivity index (χ0v) is 12.9. The first-order chi connectivity index (χ1) is 9.26. The molecule has 0 saturated heterocycles. The predicted octanol–water partition coefficient (Wildman–Crippen LogP) is 5.27. The zero-order valence-electron chi connectivity index (χ0n) is 11.3. The molecule has 1 aliphatic carbocycles. The topological polar surface area (TPSA) is 12.9 Å². The number of benzene rings is 1. The van der Waals surface area contributed by atoms with E-state index >= 15 is 0 Å². The van der Waals surface area contributed by atoms with E-state index in [1.54, 1.807) is 0 Å². The third-order valence-corrected chi connectivity index (χ3v) is 5.98. The van der Waals surface area contributed by atoms with Gasteiger partial charge >= 0.3 is 0 Å². The Labute approximate surface area is 124 Å². The van der Waals surface area contributed by atoms with E-state index in [0.29, 0.717) is 11.3 Å². The summed E-state index contributed by atoms with van der Waals surface area (Å²) in [6.07, 6.45) is 6.11. The van der Waals surface area contributed by atoms with Crippen molar-refractivity contribution in [2.75, 3.05) is 0 Å². The molecule has 1 saturated carbocycles. The molecule has 1 aromatic carbocycles. The van der Waals surface area contributed by atoms with Crippen LogP contribution in [-0.2, 0) is 6.42 Å². The number of halogens is 1. The monoisotopic (exact) mass is 293 g/mol. The Balaban J connectivity index is 1.75. The van der Waals surface area contributed by atoms with Crippen molar-refractivity contribution in [2.24, 2.45) is 11.8 Å². The average molecular weight is 294 g/mol. The van der Waals surface area contributed by atoms with Crippen LogP contribution in [0.5, 0.6) is 0 Å². The highest BCUT2D eigenvalue weighted by Gasteiger charge is 2.29. The molecule has 0 amide bonds. The number of rotatable bonds is 3. The molecule has 3 rings (SSSR count). The van der Waals surface area contributed by atoms with Crippen LogP contribution in [0.3, 0.4) is 0 Å². The number of alkyl halides is 1. The maximum absolute atomic E-state index is 6.53. The van der Waals surface area contributed by atoms with Crippen molar-refractivity contribution in [3.63, 3.8) is 0 Å². The maximum Gasteiger partial charge on any atom is 0.0941 e. The molecule has 0 bridgehead atoms. The van der Waals surface area contributed by atoms with Gasteiger partial charge in [-0.05, 0) is 43.2 Å². The third kappa shape index (κ3) is 2.95. The van der Waals surface area contributed by atoms with Crippen LogP contribution in [0.25, 0.3) is 10.2 Å². The van der Waals surface area contributed by atoms with Gasteiger partial charge in [0.25, 0.3) is 0 Å². The van der Waals surface area contributed by atoms with Gasteiger partial charge in [-0.3, -0.25) is 0 Å². The number of hydrogen-bond acceptors (Lipinski definition) is 2. The lowest BCUT2D eigenvalue weighted by Gasteiger charge is -2.32. The van der Waals surface area contributed by atoms with E-state index < -0.39 is 0 Å². The zero-order chi connectivity index (χ0) is 13.2. The molecule has 2 aromatic rings. The van der Waals surface area contributed by atoms with Gasteiger partial charge in [0, 0.05) is 11.8 Å². The second-order valence-corrected chi connectivity index (χ2v) is 7.32. The molecule has 0 spiro atoms. The molecule has 102 valence electrons. The van der Waals surface area contributed by atoms with E-state index in [2.05, 4.69) is 31.2 Å². The van der Waals surface area contributed by atoms with Gasteiger partial charge in [0.1, 0.15) is 0 Å². The molecule has 3 atom stereocenters. The van der Waals surface area contributed by atoms with Gasteiger partial charge in [0.15, 0.2) is 0 Å². The van der Waals surface area contributed by atoms with Crippen molar-refractivity contribution in [3.05, 3.63) is 29.3 Å². The lowest BCUT2D eigenvalue weighted by atomic mass is 9.78. The van der Waals surface area contributed by atoms with Crippen LogP contribution in [0.2, 0.25) is 0 Å². The SMILES string of the molecule is CCC1CCC(Cl)C(Cc2nc3ccccc3s2)C1. The molecular weight excluding hydrogens is 274 g/mol. The highest BCUT2D eigenvalue weighted by atomic mass is 35.5. The van der Waals surface area contributed by atoms with Crippen LogP contribution in [0.1, 0.15) is 37.6 Å². The predicted molar refractivity (Wildman–Crippen MR) is 84.1 cm³/mol. The van der Waals surface area contributed by atoms with Crippen LogP contribution >= 0.6 is 22.9 Å². The molecule has 1 aromatic heterocycles. The Hall–Kier alpha value is -0.600. The standard InChI is InChI=1S/C16H20ClNS/c1-2-11-7-8-13(17)12(9-11)10-16-18-14-5-3-4-6-15(14)19-16/h3-6,11-13H,2,7-10H2,1H3. The summed E-state index contributed by atoms with van der Waals surface area (Å²) in [5, 5.41) is 1.60. The number of nitrogens with zero attached hydrogens (tertiary/aromatic N) is 1. The van der Waals surface area contributed by atoms with Crippen molar-refractivity contribution < 1.29 is 0 Å². The molecule has 1 nitrogen and oxygen atoms in total. The summed E-state index contributed by atoms with van der Waals surface area (Å²) >= 11 is 8.36. The first-order valence-electron chi connectivity index (χ1n) is 7.24. The minimum Gasteiger partial charge on any atom is -0.241 e. The molecule has 0 radical (unpaired) electrons. The van der Waals surface area contributed by atoms with Crippen LogP contribution < -0.4 is 0 Å². The Morgan fingerprint density at radius 3 is 2.95 bits per heavy atom. The second-order valence-electron chi connectivity index (χ2n) is 5.64. The van der Waals surface area contributed by atoms with Gasteiger partial charge in [-0.2, -0.15) is 0 Å². The minimum absolute atomic E-state index is 0.342. The van der Waals surface area contributed by atoms with E-state index in [-0.39, 0.29) is 0 Å². The number of thiazole rings is 1. The molecular formula is C16H20ClNS. The largest absolute Gasteiger partial charge is 0.241 e. The van der Waals surface area contributed by atoms with Crippen molar-refractivity contribution in [2.45, 2.75) is 44.4 Å². The Morgan fingerprint density at radius 1 is 1.32 bits per heavy atom. The Kier molecular flexibility index (Phi) is 4.09. The minimum atomic E-state index is 0.342. The fraction of sp³-hybridized carbons (Fsp3) is 0.562. The quantitative estimate of drug-likeness (QED) is 0.702. The van der Waals surface area contributed by atoms with Gasteiger partial charge in [-0.15, -0.1) is 22.9 Å². The van der Waals surface area contributed by atoms with Crippen molar-refractivity contribution in [1.29, 1.82) is 0 Å². The summed E-state index contributed by atoms with van der Waals surface area (Å²) in [7, 11) is 0. The summed E-state index contributed by atoms with van der Waals surface area (Å²) in [5.74, 6) is 1.48. The van der Waals surface area contributed by atoms with Gasteiger partial charge in [0.2, 0.25) is 0 Å². The van der Waals surface area contributed by atoms with Gasteiger partial charge in [-0.25, -0.2) is 4.98 Å². The summed E-state index contributed by atoms with van der Waals surface area (Å²) in [6, 6.07) is 8.40. The molecule has 0 N–H and O–H groups in total. The summed E-state index contributed by atoms with van der Waals surface area (Å²) in [4.78, 5) is 4.75. The molecule has 1 aliphatic rings. The fourth-order valence-electron chi connectivity index (χ4n) is 3.14. The number of hydrogen-bond donors (Lipinski definition) is 0. The molecule has 0 aliphatic heterocycles. The van der Waals surface area contributed by atoms with Crippen molar-refractivity contribution in [1.82, 2.24) is 4.98 Å². The van der Waals surface area contributed by atoms with Crippen molar-refractivity contribution >= 4 is 33.2 Å². The third-order valence-electron chi connectivity index (χ3n) is 4.35. The highest BCUT2D eigenvalue weighted by molar-refractivity contribution is 7.18. The Bertz CT molecular complexity index is 517. The van der Waals surface area contributed by atoms with E-state index in [0.717, 1.165) is 17.9 Å². The van der Waals surface area contributed by atoms with Crippen LogP contribution in [0.15, 0.2) is 24.3 Å². The average Bonchev–Trinajstić information content (AvgIpc) is 2.83. The van der Waals surface area contributed by atoms with E-state index in [4.69, 9.17) is 16.6 Å². The van der Waals surface area contributed by atoms with Crippen LogP contribution in [0, 0.1) is 11.8 Å². The first-order valence-corrected chi connectivity index (χ1v) is 8.50. The molecule has 1 fully saturated rings. The normalized spacial score (nSPS) is 27.8. The number of fused-ring (bicyclic) bond motifs is 1. The molecule has 3 heteroatoms. The first kappa shape index (κ1) is 13.4. The van der Waals surface area contributed by atoms with E-state index in [1.165, 1.54) is 35.4 Å². The number of aromatic nitrogens is 1. The number of para-hydroxylation sites is 1. The summed E-state index contributed by atoms with van der Waals surface area (Å²) in [6.45, 7) is 2.30. The van der Waals surface area contributed by atoms with Crippen molar-refractivity contribution in [3.8, 4) is 0 Å². The molecule has 1 heterocycles. The molecule has 19 heavy (non-hydrogen) atoms. The van der Waals surface area contributed by atoms with E-state index in [1.807, 2.05) is 11.3 Å².